The fraction of sp³-hybridized carbons (Fsp3) is 0.438. The van der Waals surface area contributed by atoms with Gasteiger partial charge in [-0.25, -0.2) is 0 Å². The third-order valence-corrected chi connectivity index (χ3v) is 4.46. The minimum atomic E-state index is -4.55. The molecule has 0 fully saturated rings. The van der Waals surface area contributed by atoms with Crippen molar-refractivity contribution in [2.45, 2.75) is 32.4 Å². The van der Waals surface area contributed by atoms with Crippen LogP contribution in [0.1, 0.15) is 37.3 Å². The number of aromatic amines is 1. The number of pyridine rings is 1. The predicted octanol–water partition coefficient (Wildman–Crippen LogP) is 4.10. The Kier molecular flexibility index (Phi) is 3.42. The Hall–Kier alpha value is -1.98. The van der Waals surface area contributed by atoms with Gasteiger partial charge in [-0.1, -0.05) is 13.8 Å². The lowest BCUT2D eigenvalue weighted by molar-refractivity contribution is -0.136. The van der Waals surface area contributed by atoms with Crippen molar-refractivity contribution in [2.75, 3.05) is 11.9 Å². The molecule has 6 heteroatoms. The highest BCUT2D eigenvalue weighted by Crippen LogP contribution is 2.41. The first kappa shape index (κ1) is 14.9. The molecule has 0 radical (unpaired) electrons. The molecule has 0 saturated heterocycles. The number of aromatic nitrogens is 1. The number of halogens is 3. The van der Waals surface area contributed by atoms with Gasteiger partial charge < -0.3 is 10.3 Å². The molecule has 3 rings (SSSR count). The van der Waals surface area contributed by atoms with Crippen molar-refractivity contribution < 1.29 is 13.2 Å². The number of fused-ring (bicyclic) bond motifs is 2. The van der Waals surface area contributed by atoms with E-state index in [0.29, 0.717) is 12.0 Å². The Morgan fingerprint density at radius 1 is 1.27 bits per heavy atom. The molecule has 0 aliphatic carbocycles. The minimum absolute atomic E-state index is 0.0557. The van der Waals surface area contributed by atoms with Crippen molar-refractivity contribution in [1.82, 2.24) is 4.98 Å². The highest BCUT2D eigenvalue weighted by atomic mass is 19.4. The van der Waals surface area contributed by atoms with E-state index < -0.39 is 17.3 Å². The molecular formula is C16H17F3N2O. The zero-order valence-corrected chi connectivity index (χ0v) is 12.3. The number of hydrogen-bond acceptors (Lipinski definition) is 2. The Morgan fingerprint density at radius 2 is 2.00 bits per heavy atom. The van der Waals surface area contributed by atoms with Gasteiger partial charge >= 0.3 is 6.18 Å². The van der Waals surface area contributed by atoms with Crippen LogP contribution >= 0.6 is 0 Å². The van der Waals surface area contributed by atoms with E-state index in [-0.39, 0.29) is 16.8 Å². The van der Waals surface area contributed by atoms with Crippen molar-refractivity contribution in [2.24, 2.45) is 5.92 Å². The smallest absolute Gasteiger partial charge is 0.384 e. The summed E-state index contributed by atoms with van der Waals surface area (Å²) >= 11 is 0. The standard InChI is InChI=1S/C16H17F3N2O/c1-3-9-8(2)7-20-13-6-14-11(4-10(9)13)12(16(17,18)19)5-15(22)21-14/h4-6,8-9,20H,3,7H2,1-2H3,(H,21,22)/t8-,9+/m0/s1. The first-order valence-electron chi connectivity index (χ1n) is 7.33. The molecule has 2 heterocycles. The summed E-state index contributed by atoms with van der Waals surface area (Å²) < 4.78 is 39.7. The van der Waals surface area contributed by atoms with Crippen molar-refractivity contribution in [3.05, 3.63) is 39.7 Å². The van der Waals surface area contributed by atoms with E-state index in [1.54, 1.807) is 12.1 Å². The van der Waals surface area contributed by atoms with Gasteiger partial charge in [-0.3, -0.25) is 4.79 Å². The molecule has 3 nitrogen and oxygen atoms in total. The van der Waals surface area contributed by atoms with Crippen LogP contribution in [0.25, 0.3) is 10.9 Å². The van der Waals surface area contributed by atoms with Crippen molar-refractivity contribution in [3.63, 3.8) is 0 Å². The normalized spacial score (nSPS) is 21.5. The lowest BCUT2D eigenvalue weighted by atomic mass is 9.80. The monoisotopic (exact) mass is 310 g/mol. The number of H-pyrrole nitrogens is 1. The van der Waals surface area contributed by atoms with Crippen molar-refractivity contribution in [1.29, 1.82) is 0 Å². The summed E-state index contributed by atoms with van der Waals surface area (Å²) in [5.74, 6) is 0.570. The van der Waals surface area contributed by atoms with Gasteiger partial charge in [-0.05, 0) is 36.0 Å². The first-order chi connectivity index (χ1) is 10.3. The molecule has 2 aromatic rings. The van der Waals surface area contributed by atoms with Crippen LogP contribution in [0.2, 0.25) is 0 Å². The molecule has 0 saturated carbocycles. The molecule has 2 atom stereocenters. The summed E-state index contributed by atoms with van der Waals surface area (Å²) in [6.07, 6.45) is -3.68. The summed E-state index contributed by atoms with van der Waals surface area (Å²) in [5.41, 5.74) is 0.312. The maximum atomic E-state index is 13.2. The van der Waals surface area contributed by atoms with Gasteiger partial charge in [0.05, 0.1) is 11.1 Å². The van der Waals surface area contributed by atoms with Crippen LogP contribution in [-0.2, 0) is 6.18 Å². The van der Waals surface area contributed by atoms with Gasteiger partial charge in [0, 0.05) is 23.7 Å². The molecule has 22 heavy (non-hydrogen) atoms. The second kappa shape index (κ2) is 5.04. The summed E-state index contributed by atoms with van der Waals surface area (Å²) in [7, 11) is 0. The zero-order chi connectivity index (χ0) is 16.1. The van der Waals surface area contributed by atoms with Gasteiger partial charge in [0.1, 0.15) is 0 Å². The lowest BCUT2D eigenvalue weighted by Gasteiger charge is -2.32. The maximum Gasteiger partial charge on any atom is 0.417 e. The molecule has 0 amide bonds. The predicted molar refractivity (Wildman–Crippen MR) is 80.3 cm³/mol. The molecule has 1 aromatic heterocycles. The molecule has 2 N–H and O–H groups in total. The number of rotatable bonds is 1. The molecule has 118 valence electrons. The van der Waals surface area contributed by atoms with Gasteiger partial charge in [-0.2, -0.15) is 13.2 Å². The van der Waals surface area contributed by atoms with E-state index in [2.05, 4.69) is 17.2 Å². The molecule has 1 aromatic carbocycles. The second-order valence-corrected chi connectivity index (χ2v) is 5.90. The summed E-state index contributed by atoms with van der Waals surface area (Å²) in [4.78, 5) is 14.0. The maximum absolute atomic E-state index is 13.2. The van der Waals surface area contributed by atoms with Crippen LogP contribution in [0.3, 0.4) is 0 Å². The largest absolute Gasteiger partial charge is 0.417 e. The van der Waals surface area contributed by atoms with Gasteiger partial charge in [0.15, 0.2) is 0 Å². The van der Waals surface area contributed by atoms with E-state index in [1.165, 1.54) is 0 Å². The quantitative estimate of drug-likeness (QED) is 0.833. The van der Waals surface area contributed by atoms with Gasteiger partial charge in [0.25, 0.3) is 0 Å². The number of hydrogen-bond donors (Lipinski definition) is 2. The van der Waals surface area contributed by atoms with Crippen LogP contribution < -0.4 is 10.9 Å². The highest BCUT2D eigenvalue weighted by Gasteiger charge is 2.34. The first-order valence-corrected chi connectivity index (χ1v) is 7.33. The van der Waals surface area contributed by atoms with E-state index in [1.807, 2.05) is 6.92 Å². The third-order valence-electron chi connectivity index (χ3n) is 4.46. The van der Waals surface area contributed by atoms with Crippen LogP contribution in [0.5, 0.6) is 0 Å². The summed E-state index contributed by atoms with van der Waals surface area (Å²) in [5, 5.41) is 3.30. The van der Waals surface area contributed by atoms with Crippen molar-refractivity contribution >= 4 is 16.6 Å². The van der Waals surface area contributed by atoms with Crippen LogP contribution in [0, 0.1) is 5.92 Å². The minimum Gasteiger partial charge on any atom is -0.384 e. The lowest BCUT2D eigenvalue weighted by Crippen LogP contribution is -2.25. The summed E-state index contributed by atoms with van der Waals surface area (Å²) in [6, 6.07) is 3.84. The average molecular weight is 310 g/mol. The molecule has 1 aliphatic heterocycles. The Labute approximate surface area is 125 Å². The molecule has 1 aliphatic rings. The number of anilines is 1. The van der Waals surface area contributed by atoms with E-state index in [9.17, 15) is 18.0 Å². The highest BCUT2D eigenvalue weighted by molar-refractivity contribution is 5.87. The Bertz CT molecular complexity index is 779. The fourth-order valence-corrected chi connectivity index (χ4v) is 3.36. The van der Waals surface area contributed by atoms with Crippen LogP contribution in [0.4, 0.5) is 18.9 Å². The topological polar surface area (TPSA) is 44.9 Å². The zero-order valence-electron chi connectivity index (χ0n) is 12.3. The number of nitrogens with one attached hydrogen (secondary N) is 2. The fourth-order valence-electron chi connectivity index (χ4n) is 3.36. The Balaban J connectivity index is 2.32. The van der Waals surface area contributed by atoms with E-state index >= 15 is 0 Å². The van der Waals surface area contributed by atoms with Crippen LogP contribution in [0.15, 0.2) is 23.0 Å². The van der Waals surface area contributed by atoms with Gasteiger partial charge in [0.2, 0.25) is 5.56 Å². The number of benzene rings is 1. The molecule has 0 unspecified atom stereocenters. The van der Waals surface area contributed by atoms with E-state index in [0.717, 1.165) is 24.2 Å². The number of alkyl halides is 3. The molecule has 0 bridgehead atoms. The van der Waals surface area contributed by atoms with Gasteiger partial charge in [-0.15, -0.1) is 0 Å². The SMILES string of the molecule is CC[C@H]1c2cc3c(C(F)(F)F)cc(=O)[nH]c3cc2NC[C@@H]1C. The second-order valence-electron chi connectivity index (χ2n) is 5.90. The van der Waals surface area contributed by atoms with Crippen LogP contribution in [-0.4, -0.2) is 11.5 Å². The third kappa shape index (κ3) is 2.36. The summed E-state index contributed by atoms with van der Waals surface area (Å²) in [6.45, 7) is 4.91. The molecule has 0 spiro atoms. The van der Waals surface area contributed by atoms with Crippen molar-refractivity contribution in [3.8, 4) is 0 Å². The Morgan fingerprint density at radius 3 is 2.64 bits per heavy atom. The molecular weight excluding hydrogens is 293 g/mol. The average Bonchev–Trinajstić information content (AvgIpc) is 2.43. The van der Waals surface area contributed by atoms with E-state index in [4.69, 9.17) is 0 Å².